The maximum atomic E-state index is 12.4. The number of amides is 1. The normalized spacial score (nSPS) is 11.2. The molecule has 0 aromatic heterocycles. The molecule has 1 aromatic carbocycles. The molecule has 0 fully saturated rings. The Morgan fingerprint density at radius 3 is 2.67 bits per heavy atom. The van der Waals surface area contributed by atoms with Gasteiger partial charge in [0.05, 0.1) is 11.7 Å². The van der Waals surface area contributed by atoms with Crippen LogP contribution in [-0.2, 0) is 4.57 Å². The number of alkyl halides is 1. The van der Waals surface area contributed by atoms with Crippen LogP contribution in [0.15, 0.2) is 23.4 Å². The minimum absolute atomic E-state index is 0.132. The largest absolute Gasteiger partial charge is 0.370 e. The first kappa shape index (κ1) is 20.8. The van der Waals surface area contributed by atoms with Crippen LogP contribution in [-0.4, -0.2) is 46.8 Å². The van der Waals surface area contributed by atoms with Gasteiger partial charge in [-0.05, 0) is 36.7 Å². The van der Waals surface area contributed by atoms with Gasteiger partial charge in [-0.2, -0.15) is 0 Å². The molecule has 0 saturated carbocycles. The van der Waals surface area contributed by atoms with Crippen molar-refractivity contribution in [1.29, 1.82) is 0 Å². The van der Waals surface area contributed by atoms with E-state index in [1.165, 1.54) is 6.07 Å². The van der Waals surface area contributed by atoms with Crippen LogP contribution in [0.1, 0.15) is 23.7 Å². The molecule has 10 heteroatoms. The lowest BCUT2D eigenvalue weighted by atomic mass is 10.1. The van der Waals surface area contributed by atoms with Crippen molar-refractivity contribution < 1.29 is 19.1 Å². The lowest BCUT2D eigenvalue weighted by Gasteiger charge is -2.24. The Bertz CT molecular complexity index is 622. The van der Waals surface area contributed by atoms with Gasteiger partial charge in [0.15, 0.2) is 0 Å². The van der Waals surface area contributed by atoms with Crippen LogP contribution >= 0.6 is 23.5 Å². The van der Waals surface area contributed by atoms with Gasteiger partial charge in [-0.3, -0.25) is 9.36 Å². The number of halogens is 1. The molecule has 0 radical (unpaired) electrons. The van der Waals surface area contributed by atoms with E-state index in [2.05, 4.69) is 26.4 Å². The van der Waals surface area contributed by atoms with Crippen molar-refractivity contribution in [2.24, 2.45) is 5.18 Å². The van der Waals surface area contributed by atoms with Gasteiger partial charge in [0.2, 0.25) is 0 Å². The summed E-state index contributed by atoms with van der Waals surface area (Å²) in [6.45, 7) is 3.45. The Morgan fingerprint density at radius 1 is 1.42 bits per heavy atom. The monoisotopic (exact) mass is 421 g/mol. The van der Waals surface area contributed by atoms with Crippen molar-refractivity contribution in [1.82, 2.24) is 5.32 Å². The Balaban J connectivity index is 2.91. The summed E-state index contributed by atoms with van der Waals surface area (Å²) in [5.41, 5.74) is 1.14. The van der Waals surface area contributed by atoms with E-state index in [4.69, 9.17) is 9.79 Å². The second-order valence-electron chi connectivity index (χ2n) is 5.06. The highest BCUT2D eigenvalue weighted by Crippen LogP contribution is 2.34. The number of benzene rings is 1. The van der Waals surface area contributed by atoms with E-state index in [0.717, 1.165) is 5.33 Å². The first-order chi connectivity index (χ1) is 11.3. The molecule has 0 unspecified atom stereocenters. The van der Waals surface area contributed by atoms with Crippen molar-refractivity contribution in [2.75, 3.05) is 36.0 Å². The van der Waals surface area contributed by atoms with E-state index < -0.39 is 13.5 Å². The van der Waals surface area contributed by atoms with Crippen LogP contribution in [0.5, 0.6) is 0 Å². The lowest BCUT2D eigenvalue weighted by molar-refractivity contribution is 0.0954. The fourth-order valence-corrected chi connectivity index (χ4v) is 3.17. The number of rotatable bonds is 10. The molecule has 0 atom stereocenters. The van der Waals surface area contributed by atoms with Crippen molar-refractivity contribution in [3.63, 3.8) is 0 Å². The van der Waals surface area contributed by atoms with E-state index in [9.17, 15) is 14.3 Å². The molecule has 1 rings (SSSR count). The molecular weight excluding hydrogens is 401 g/mol. The molecule has 0 aliphatic rings. The van der Waals surface area contributed by atoms with Crippen molar-refractivity contribution >= 4 is 40.8 Å². The fraction of sp³-hybridized carbons (Fsp3) is 0.500. The summed E-state index contributed by atoms with van der Waals surface area (Å²) < 4.78 is 10.8. The number of carbonyl (C=O) groups is 1. The standard InChI is InChI=1S/C14H21BrN3O5P/c1-2-18(8-6-15)13-5-4-11(17-20)10-12(13)14(19)16-7-3-9-24(21,22)23/h4-5,10H,2-3,6-9H2,1H3,(H,16,19)(H2,21,22,23). The summed E-state index contributed by atoms with van der Waals surface area (Å²) in [6, 6.07) is 4.63. The SMILES string of the molecule is CCN(CCBr)c1ccc(N=O)cc1C(=O)NCCCP(=O)(O)O. The van der Waals surface area contributed by atoms with Crippen LogP contribution in [0.2, 0.25) is 0 Å². The van der Waals surface area contributed by atoms with Crippen LogP contribution in [0, 0.1) is 4.91 Å². The number of hydrogen-bond donors (Lipinski definition) is 3. The number of carbonyl (C=O) groups excluding carboxylic acids is 1. The highest BCUT2D eigenvalue weighted by molar-refractivity contribution is 9.09. The second kappa shape index (κ2) is 9.88. The fourth-order valence-electron chi connectivity index (χ4n) is 2.17. The molecule has 24 heavy (non-hydrogen) atoms. The van der Waals surface area contributed by atoms with Gasteiger partial charge in [-0.15, -0.1) is 4.91 Å². The highest BCUT2D eigenvalue weighted by atomic mass is 79.9. The molecular formula is C14H21BrN3O5P. The molecule has 0 aliphatic heterocycles. The Morgan fingerprint density at radius 2 is 2.12 bits per heavy atom. The van der Waals surface area contributed by atoms with Gasteiger partial charge in [-0.25, -0.2) is 0 Å². The first-order valence-electron chi connectivity index (χ1n) is 7.43. The predicted molar refractivity (Wildman–Crippen MR) is 97.4 cm³/mol. The number of hydrogen-bond acceptors (Lipinski definition) is 5. The summed E-state index contributed by atoms with van der Waals surface area (Å²) in [4.78, 5) is 42.7. The van der Waals surface area contributed by atoms with Gasteiger partial charge in [0, 0.05) is 30.7 Å². The van der Waals surface area contributed by atoms with Crippen molar-refractivity contribution in [3.8, 4) is 0 Å². The van der Waals surface area contributed by atoms with E-state index in [-0.39, 0.29) is 24.8 Å². The van der Waals surface area contributed by atoms with Crippen molar-refractivity contribution in [3.05, 3.63) is 28.7 Å². The second-order valence-corrected chi connectivity index (χ2v) is 7.63. The van der Waals surface area contributed by atoms with E-state index >= 15 is 0 Å². The maximum absolute atomic E-state index is 12.4. The van der Waals surface area contributed by atoms with Gasteiger partial charge in [0.25, 0.3) is 5.91 Å². The molecule has 3 N–H and O–H groups in total. The zero-order valence-electron chi connectivity index (χ0n) is 13.3. The molecule has 1 aromatic rings. The molecule has 8 nitrogen and oxygen atoms in total. The molecule has 0 aliphatic carbocycles. The predicted octanol–water partition coefficient (Wildman–Crippen LogP) is 2.60. The summed E-state index contributed by atoms with van der Waals surface area (Å²) >= 11 is 3.36. The molecule has 134 valence electrons. The minimum atomic E-state index is -4.07. The van der Waals surface area contributed by atoms with Crippen LogP contribution in [0.25, 0.3) is 0 Å². The van der Waals surface area contributed by atoms with Crippen molar-refractivity contribution in [2.45, 2.75) is 13.3 Å². The molecule has 0 saturated heterocycles. The topological polar surface area (TPSA) is 119 Å². The first-order valence-corrected chi connectivity index (χ1v) is 10.4. The van der Waals surface area contributed by atoms with E-state index in [0.29, 0.717) is 24.3 Å². The summed E-state index contributed by atoms with van der Waals surface area (Å²) in [6.07, 6.45) is -0.128. The Hall–Kier alpha value is -1.28. The van der Waals surface area contributed by atoms with E-state index in [1.54, 1.807) is 12.1 Å². The van der Waals surface area contributed by atoms with Gasteiger partial charge in [0.1, 0.15) is 5.69 Å². The molecule has 1 amide bonds. The quantitative estimate of drug-likeness (QED) is 0.231. The summed E-state index contributed by atoms with van der Waals surface area (Å²) in [5.74, 6) is -0.408. The average Bonchev–Trinajstić information content (AvgIpc) is 2.55. The average molecular weight is 422 g/mol. The summed E-state index contributed by atoms with van der Waals surface area (Å²) in [5, 5.41) is 6.19. The van der Waals surface area contributed by atoms with Gasteiger partial charge >= 0.3 is 7.60 Å². The Labute approximate surface area is 148 Å². The molecule has 0 spiro atoms. The minimum Gasteiger partial charge on any atom is -0.370 e. The third-order valence-corrected chi connectivity index (χ3v) is 4.57. The van der Waals surface area contributed by atoms with Gasteiger partial charge in [-0.1, -0.05) is 15.9 Å². The van der Waals surface area contributed by atoms with Crippen LogP contribution in [0.3, 0.4) is 0 Å². The smallest absolute Gasteiger partial charge is 0.325 e. The molecule has 0 bridgehead atoms. The Kier molecular flexibility index (Phi) is 8.55. The number of nitrogens with zero attached hydrogens (tertiary/aromatic N) is 2. The van der Waals surface area contributed by atoms with Crippen LogP contribution in [0.4, 0.5) is 11.4 Å². The zero-order valence-corrected chi connectivity index (χ0v) is 15.8. The number of anilines is 1. The van der Waals surface area contributed by atoms with Crippen LogP contribution < -0.4 is 10.2 Å². The number of nitroso groups, excluding NO2 is 1. The maximum Gasteiger partial charge on any atom is 0.325 e. The lowest BCUT2D eigenvalue weighted by Crippen LogP contribution is -2.30. The van der Waals surface area contributed by atoms with Gasteiger partial charge < -0.3 is 20.0 Å². The molecule has 0 heterocycles. The highest BCUT2D eigenvalue weighted by Gasteiger charge is 2.17. The number of nitrogens with one attached hydrogen (secondary N) is 1. The third-order valence-electron chi connectivity index (χ3n) is 3.32. The third kappa shape index (κ3) is 6.68. The van der Waals surface area contributed by atoms with E-state index in [1.807, 2.05) is 11.8 Å². The zero-order chi connectivity index (χ0) is 18.2. The summed E-state index contributed by atoms with van der Waals surface area (Å²) in [7, 11) is -4.07.